The summed E-state index contributed by atoms with van der Waals surface area (Å²) in [4.78, 5) is 10.8. The van der Waals surface area contributed by atoms with Crippen LogP contribution in [0.1, 0.15) is 24.5 Å². The second kappa shape index (κ2) is 10.7. The van der Waals surface area contributed by atoms with Crippen molar-refractivity contribution in [1.82, 2.24) is 5.48 Å². The van der Waals surface area contributed by atoms with Crippen LogP contribution in [0.2, 0.25) is 0 Å². The molecule has 0 aromatic heterocycles. The molecule has 7 heteroatoms. The fourth-order valence-corrected chi connectivity index (χ4v) is 2.03. The minimum Gasteiger partial charge on any atom is -0.491 e. The fraction of sp³-hybridized carbons (Fsp3) is 0.438. The highest BCUT2D eigenvalue weighted by molar-refractivity contribution is 5.86. The summed E-state index contributed by atoms with van der Waals surface area (Å²) in [7, 11) is 1.51. The van der Waals surface area contributed by atoms with E-state index in [0.717, 1.165) is 0 Å². The van der Waals surface area contributed by atoms with Crippen molar-refractivity contribution in [1.29, 1.82) is 0 Å². The van der Waals surface area contributed by atoms with Crippen LogP contribution in [-0.4, -0.2) is 47.8 Å². The van der Waals surface area contributed by atoms with Crippen LogP contribution in [-0.2, 0) is 9.53 Å². The molecule has 0 spiro atoms. The molecule has 0 fully saturated rings. The molecule has 0 radical (unpaired) electrons. The fourth-order valence-electron chi connectivity index (χ4n) is 2.03. The molecule has 23 heavy (non-hydrogen) atoms. The Bertz CT molecular complexity index is 488. The molecule has 128 valence electrons. The Morgan fingerprint density at radius 3 is 2.61 bits per heavy atom. The number of aliphatic hydroxyl groups excluding tert-OH is 2. The SMILES string of the molecule is CO[C@@H](CC/C=C/C(=O)NO)[C@@H](O)c1ccc(OCCO)cc1. The van der Waals surface area contributed by atoms with Crippen molar-refractivity contribution in [3.63, 3.8) is 0 Å². The van der Waals surface area contributed by atoms with Gasteiger partial charge in [0.25, 0.3) is 5.91 Å². The van der Waals surface area contributed by atoms with E-state index < -0.39 is 18.1 Å². The Labute approximate surface area is 135 Å². The van der Waals surface area contributed by atoms with Gasteiger partial charge in [0.15, 0.2) is 0 Å². The van der Waals surface area contributed by atoms with Crippen LogP contribution >= 0.6 is 0 Å². The second-order valence-corrected chi connectivity index (χ2v) is 4.82. The highest BCUT2D eigenvalue weighted by atomic mass is 16.5. The maximum Gasteiger partial charge on any atom is 0.267 e. The van der Waals surface area contributed by atoms with Crippen LogP contribution in [0.25, 0.3) is 0 Å². The van der Waals surface area contributed by atoms with E-state index in [1.54, 1.807) is 30.3 Å². The van der Waals surface area contributed by atoms with Gasteiger partial charge in [0.1, 0.15) is 18.5 Å². The lowest BCUT2D eigenvalue weighted by Gasteiger charge is -2.21. The van der Waals surface area contributed by atoms with E-state index in [9.17, 15) is 9.90 Å². The van der Waals surface area contributed by atoms with Crippen molar-refractivity contribution in [2.24, 2.45) is 0 Å². The van der Waals surface area contributed by atoms with Crippen molar-refractivity contribution >= 4 is 5.91 Å². The minimum atomic E-state index is -0.813. The maximum absolute atomic E-state index is 10.8. The molecular formula is C16H23NO6. The molecule has 2 atom stereocenters. The summed E-state index contributed by atoms with van der Waals surface area (Å²) in [6.45, 7) is 0.161. The molecular weight excluding hydrogens is 302 g/mol. The molecule has 0 saturated heterocycles. The molecule has 0 aliphatic heterocycles. The molecule has 1 aromatic carbocycles. The van der Waals surface area contributed by atoms with Gasteiger partial charge >= 0.3 is 0 Å². The standard InChI is InChI=1S/C16H23NO6/c1-22-14(4-2-3-5-15(19)17-21)16(20)12-6-8-13(9-7-12)23-11-10-18/h3,5-9,14,16,18,20-21H,2,4,10-11H2,1H3,(H,17,19)/b5-3+/t14-,16-/m0/s1. The van der Waals surface area contributed by atoms with E-state index in [1.807, 2.05) is 0 Å². The number of benzene rings is 1. The number of aliphatic hydroxyl groups is 2. The first-order valence-electron chi connectivity index (χ1n) is 7.27. The van der Waals surface area contributed by atoms with Crippen molar-refractivity contribution in [3.8, 4) is 5.75 Å². The van der Waals surface area contributed by atoms with E-state index in [2.05, 4.69) is 0 Å². The number of nitrogens with one attached hydrogen (secondary N) is 1. The van der Waals surface area contributed by atoms with Gasteiger partial charge in [-0.2, -0.15) is 0 Å². The van der Waals surface area contributed by atoms with Crippen LogP contribution in [0.3, 0.4) is 0 Å². The average molecular weight is 325 g/mol. The van der Waals surface area contributed by atoms with Crippen molar-refractivity contribution in [2.75, 3.05) is 20.3 Å². The van der Waals surface area contributed by atoms with Crippen molar-refractivity contribution < 1.29 is 29.7 Å². The van der Waals surface area contributed by atoms with Crippen LogP contribution in [0.5, 0.6) is 5.75 Å². The number of allylic oxidation sites excluding steroid dienone is 1. The molecule has 0 heterocycles. The van der Waals surface area contributed by atoms with Gasteiger partial charge < -0.3 is 19.7 Å². The van der Waals surface area contributed by atoms with Crippen LogP contribution in [0.15, 0.2) is 36.4 Å². The van der Waals surface area contributed by atoms with Gasteiger partial charge in [0.2, 0.25) is 0 Å². The molecule has 0 saturated carbocycles. The third kappa shape index (κ3) is 6.79. The number of hydroxylamine groups is 1. The Morgan fingerprint density at radius 1 is 1.35 bits per heavy atom. The number of rotatable bonds is 10. The zero-order chi connectivity index (χ0) is 17.1. The normalized spacial score (nSPS) is 13.7. The Morgan fingerprint density at radius 2 is 2.04 bits per heavy atom. The molecule has 1 rings (SSSR count). The highest BCUT2D eigenvalue weighted by Crippen LogP contribution is 2.24. The molecule has 0 bridgehead atoms. The summed E-state index contributed by atoms with van der Waals surface area (Å²) in [6.07, 6.45) is 2.59. The molecule has 7 nitrogen and oxygen atoms in total. The van der Waals surface area contributed by atoms with Crippen molar-refractivity contribution in [3.05, 3.63) is 42.0 Å². The predicted molar refractivity (Wildman–Crippen MR) is 83.1 cm³/mol. The predicted octanol–water partition coefficient (Wildman–Crippen LogP) is 0.948. The first kappa shape index (κ1) is 19.1. The van der Waals surface area contributed by atoms with E-state index >= 15 is 0 Å². The smallest absolute Gasteiger partial charge is 0.267 e. The Hall–Kier alpha value is -1.93. The van der Waals surface area contributed by atoms with Gasteiger partial charge in [-0.25, -0.2) is 5.48 Å². The van der Waals surface area contributed by atoms with Gasteiger partial charge in [0.05, 0.1) is 12.7 Å². The molecule has 4 N–H and O–H groups in total. The van der Waals surface area contributed by atoms with E-state index in [0.29, 0.717) is 24.2 Å². The molecule has 0 unspecified atom stereocenters. The zero-order valence-electron chi connectivity index (χ0n) is 13.0. The highest BCUT2D eigenvalue weighted by Gasteiger charge is 2.19. The minimum absolute atomic E-state index is 0.0576. The van der Waals surface area contributed by atoms with Gasteiger partial charge in [-0.15, -0.1) is 0 Å². The lowest BCUT2D eigenvalue weighted by molar-refractivity contribution is -0.124. The molecule has 0 aliphatic carbocycles. The molecule has 1 aromatic rings. The molecule has 0 aliphatic rings. The quantitative estimate of drug-likeness (QED) is 0.290. The number of methoxy groups -OCH3 is 1. The number of amides is 1. The Kier molecular flexibility index (Phi) is 8.93. The van der Waals surface area contributed by atoms with E-state index in [1.165, 1.54) is 18.7 Å². The number of hydrogen-bond acceptors (Lipinski definition) is 6. The second-order valence-electron chi connectivity index (χ2n) is 4.82. The van der Waals surface area contributed by atoms with E-state index in [-0.39, 0.29) is 13.2 Å². The lowest BCUT2D eigenvalue weighted by Crippen LogP contribution is -2.21. The third-order valence-corrected chi connectivity index (χ3v) is 3.23. The van der Waals surface area contributed by atoms with Crippen LogP contribution in [0, 0.1) is 0 Å². The largest absolute Gasteiger partial charge is 0.491 e. The first-order valence-corrected chi connectivity index (χ1v) is 7.27. The summed E-state index contributed by atoms with van der Waals surface area (Å²) in [6, 6.07) is 6.90. The van der Waals surface area contributed by atoms with E-state index in [4.69, 9.17) is 19.8 Å². The monoisotopic (exact) mass is 325 g/mol. The van der Waals surface area contributed by atoms with Gasteiger partial charge in [0, 0.05) is 13.2 Å². The lowest BCUT2D eigenvalue weighted by atomic mass is 10.0. The van der Waals surface area contributed by atoms with Crippen molar-refractivity contribution in [2.45, 2.75) is 25.0 Å². The topological polar surface area (TPSA) is 108 Å². The average Bonchev–Trinajstić information content (AvgIpc) is 2.59. The van der Waals surface area contributed by atoms with Crippen LogP contribution in [0.4, 0.5) is 0 Å². The maximum atomic E-state index is 10.8. The summed E-state index contributed by atoms with van der Waals surface area (Å²) >= 11 is 0. The van der Waals surface area contributed by atoms with Crippen LogP contribution < -0.4 is 10.2 Å². The third-order valence-electron chi connectivity index (χ3n) is 3.23. The van der Waals surface area contributed by atoms with Gasteiger partial charge in [-0.3, -0.25) is 10.0 Å². The molecule has 1 amide bonds. The summed E-state index contributed by atoms with van der Waals surface area (Å²) in [5.74, 6) is 0.0138. The number of carbonyl (C=O) groups excluding carboxylic acids is 1. The summed E-state index contributed by atoms with van der Waals surface area (Å²) in [5.41, 5.74) is 2.19. The van der Waals surface area contributed by atoms with Gasteiger partial charge in [-0.1, -0.05) is 18.2 Å². The summed E-state index contributed by atoms with van der Waals surface area (Å²) in [5, 5.41) is 27.4. The Balaban J connectivity index is 2.56. The van der Waals surface area contributed by atoms with Gasteiger partial charge in [-0.05, 0) is 30.5 Å². The first-order chi connectivity index (χ1) is 11.1. The number of hydrogen-bond donors (Lipinski definition) is 4. The number of carbonyl (C=O) groups is 1. The summed E-state index contributed by atoms with van der Waals surface area (Å²) < 4.78 is 10.6. The number of ether oxygens (including phenoxy) is 2. The zero-order valence-corrected chi connectivity index (χ0v) is 13.0.